The first-order valence-electron chi connectivity index (χ1n) is 9.55. The maximum Gasteiger partial charge on any atom is 0.249 e. The number of ether oxygens (including phenoxy) is 4. The summed E-state index contributed by atoms with van der Waals surface area (Å²) in [7, 11) is 2.99. The molecule has 1 aliphatic heterocycles. The summed E-state index contributed by atoms with van der Waals surface area (Å²) in [5.41, 5.74) is 0.880. The van der Waals surface area contributed by atoms with Gasteiger partial charge in [-0.25, -0.2) is 0 Å². The lowest BCUT2D eigenvalue weighted by Gasteiger charge is -2.27. The molecule has 162 valence electrons. The third-order valence-electron chi connectivity index (χ3n) is 4.60. The van der Waals surface area contributed by atoms with E-state index in [1.165, 1.54) is 12.0 Å². The van der Waals surface area contributed by atoms with Gasteiger partial charge in [0.1, 0.15) is 12.4 Å². The van der Waals surface area contributed by atoms with Crippen molar-refractivity contribution in [3.05, 3.63) is 47.9 Å². The van der Waals surface area contributed by atoms with Crippen LogP contribution >= 0.6 is 0 Å². The van der Waals surface area contributed by atoms with Crippen molar-refractivity contribution in [2.75, 3.05) is 47.3 Å². The van der Waals surface area contributed by atoms with Gasteiger partial charge in [-0.1, -0.05) is 6.07 Å². The molecule has 0 aliphatic carbocycles. The van der Waals surface area contributed by atoms with Crippen LogP contribution in [-0.2, 0) is 32.2 Å². The molecule has 2 aromatic rings. The number of methoxy groups -OCH3 is 2. The van der Waals surface area contributed by atoms with E-state index < -0.39 is 0 Å². The van der Waals surface area contributed by atoms with Crippen LogP contribution < -0.4 is 9.47 Å². The summed E-state index contributed by atoms with van der Waals surface area (Å²) >= 11 is 0. The zero-order valence-corrected chi connectivity index (χ0v) is 17.2. The molecule has 0 atom stereocenters. The minimum Gasteiger partial charge on any atom is -0.467 e. The van der Waals surface area contributed by atoms with Gasteiger partial charge in [0.05, 0.1) is 26.0 Å². The molecule has 3 rings (SSSR count). The van der Waals surface area contributed by atoms with Crippen molar-refractivity contribution in [3.8, 4) is 11.5 Å². The molecule has 1 aromatic heterocycles. The fourth-order valence-corrected chi connectivity index (χ4v) is 3.05. The number of carbonyl (C=O) groups is 2. The number of amides is 2. The molecular formula is C21H26N2O7. The van der Waals surface area contributed by atoms with Gasteiger partial charge >= 0.3 is 0 Å². The average molecular weight is 418 g/mol. The molecule has 0 saturated carbocycles. The topological polar surface area (TPSA) is 90.7 Å². The monoisotopic (exact) mass is 418 g/mol. The van der Waals surface area contributed by atoms with Crippen molar-refractivity contribution < 1.29 is 33.0 Å². The average Bonchev–Trinajstić information content (AvgIpc) is 3.42. The Hall–Kier alpha value is -3.04. The number of carbonyl (C=O) groups excluding carboxylic acids is 2. The number of hydrogen-bond acceptors (Lipinski definition) is 7. The lowest BCUT2D eigenvalue weighted by atomic mass is 10.2. The molecule has 1 aliphatic rings. The van der Waals surface area contributed by atoms with Gasteiger partial charge in [0.2, 0.25) is 18.6 Å². The molecule has 9 nitrogen and oxygen atoms in total. The fourth-order valence-electron chi connectivity index (χ4n) is 3.05. The predicted octanol–water partition coefficient (Wildman–Crippen LogP) is 1.66. The first-order valence-corrected chi connectivity index (χ1v) is 9.55. The first-order chi connectivity index (χ1) is 14.6. The molecular weight excluding hydrogens is 392 g/mol. The first kappa shape index (κ1) is 21.7. The molecule has 0 fully saturated rings. The normalized spacial score (nSPS) is 12.1. The quantitative estimate of drug-likeness (QED) is 0.548. The minimum absolute atomic E-state index is 0.0865. The molecule has 2 amide bonds. The van der Waals surface area contributed by atoms with Crippen LogP contribution in [0.5, 0.6) is 11.5 Å². The second kappa shape index (κ2) is 10.7. The standard InChI is InChI=1S/C21H26N2O7/c1-26-9-7-22(21(25)14-27-2)13-20(24)23(12-17-4-3-8-28-17)11-16-5-6-18-19(10-16)30-15-29-18/h3-6,8,10H,7,9,11-15H2,1-2H3. The smallest absolute Gasteiger partial charge is 0.249 e. The van der Waals surface area contributed by atoms with Crippen molar-refractivity contribution in [2.45, 2.75) is 13.1 Å². The van der Waals surface area contributed by atoms with Gasteiger partial charge in [0.15, 0.2) is 11.5 Å². The van der Waals surface area contributed by atoms with Crippen molar-refractivity contribution in [2.24, 2.45) is 0 Å². The number of nitrogens with zero attached hydrogens (tertiary/aromatic N) is 2. The molecule has 0 radical (unpaired) electrons. The SMILES string of the molecule is COCCN(CC(=O)N(Cc1ccc2c(c1)OCO2)Cc1ccco1)C(=O)COC. The highest BCUT2D eigenvalue weighted by Crippen LogP contribution is 2.33. The Kier molecular flexibility index (Phi) is 7.69. The Morgan fingerprint density at radius 1 is 1.00 bits per heavy atom. The van der Waals surface area contributed by atoms with Crippen molar-refractivity contribution in [3.63, 3.8) is 0 Å². The maximum absolute atomic E-state index is 13.1. The van der Waals surface area contributed by atoms with Crippen molar-refractivity contribution >= 4 is 11.8 Å². The largest absolute Gasteiger partial charge is 0.467 e. The van der Waals surface area contributed by atoms with Gasteiger partial charge in [0.25, 0.3) is 0 Å². The number of benzene rings is 1. The molecule has 2 heterocycles. The Morgan fingerprint density at radius 3 is 2.57 bits per heavy atom. The summed E-state index contributed by atoms with van der Waals surface area (Å²) in [4.78, 5) is 28.5. The van der Waals surface area contributed by atoms with E-state index in [2.05, 4.69) is 0 Å². The maximum atomic E-state index is 13.1. The summed E-state index contributed by atoms with van der Waals surface area (Å²) in [5, 5.41) is 0. The predicted molar refractivity (Wildman–Crippen MR) is 106 cm³/mol. The zero-order valence-electron chi connectivity index (χ0n) is 17.2. The van der Waals surface area contributed by atoms with Crippen LogP contribution in [0.1, 0.15) is 11.3 Å². The summed E-state index contributed by atoms with van der Waals surface area (Å²) in [6, 6.07) is 9.13. The zero-order chi connectivity index (χ0) is 21.3. The molecule has 30 heavy (non-hydrogen) atoms. The van der Waals surface area contributed by atoms with Crippen LogP contribution in [0, 0.1) is 0 Å². The Balaban J connectivity index is 1.74. The second-order valence-electron chi connectivity index (χ2n) is 6.76. The molecule has 9 heteroatoms. The molecule has 0 bridgehead atoms. The van der Waals surface area contributed by atoms with Crippen LogP contribution in [0.15, 0.2) is 41.0 Å². The van der Waals surface area contributed by atoms with Gasteiger partial charge in [-0.15, -0.1) is 0 Å². The molecule has 1 aromatic carbocycles. The highest BCUT2D eigenvalue weighted by molar-refractivity contribution is 5.85. The van der Waals surface area contributed by atoms with Crippen molar-refractivity contribution in [1.29, 1.82) is 0 Å². The van der Waals surface area contributed by atoms with E-state index in [9.17, 15) is 9.59 Å². The van der Waals surface area contributed by atoms with Gasteiger partial charge in [-0.3, -0.25) is 9.59 Å². The molecule has 0 saturated heterocycles. The highest BCUT2D eigenvalue weighted by atomic mass is 16.7. The Morgan fingerprint density at radius 2 is 1.83 bits per heavy atom. The summed E-state index contributed by atoms with van der Waals surface area (Å²) in [6.07, 6.45) is 1.56. The number of fused-ring (bicyclic) bond motifs is 1. The third-order valence-corrected chi connectivity index (χ3v) is 4.60. The van der Waals surface area contributed by atoms with Crippen LogP contribution in [-0.4, -0.2) is 68.9 Å². The van der Waals surface area contributed by atoms with Gasteiger partial charge in [-0.2, -0.15) is 0 Å². The number of rotatable bonds is 11. The lowest BCUT2D eigenvalue weighted by molar-refractivity contribution is -0.144. The minimum atomic E-state index is -0.274. The Labute approximate surface area is 175 Å². The van der Waals surface area contributed by atoms with E-state index in [1.807, 2.05) is 18.2 Å². The van der Waals surface area contributed by atoms with Crippen LogP contribution in [0.2, 0.25) is 0 Å². The third kappa shape index (κ3) is 5.74. The second-order valence-corrected chi connectivity index (χ2v) is 6.76. The Bertz CT molecular complexity index is 838. The molecule has 0 spiro atoms. The number of furan rings is 1. The van der Waals surface area contributed by atoms with E-state index in [1.54, 1.807) is 30.4 Å². The molecule has 0 unspecified atom stereocenters. The summed E-state index contributed by atoms with van der Waals surface area (Å²) in [5.74, 6) is 1.48. The summed E-state index contributed by atoms with van der Waals surface area (Å²) < 4.78 is 26.2. The van der Waals surface area contributed by atoms with Gasteiger partial charge in [0, 0.05) is 27.3 Å². The van der Waals surface area contributed by atoms with Crippen LogP contribution in [0.25, 0.3) is 0 Å². The van der Waals surface area contributed by atoms with E-state index in [0.717, 1.165) is 5.56 Å². The van der Waals surface area contributed by atoms with Gasteiger partial charge < -0.3 is 33.2 Å². The van der Waals surface area contributed by atoms with Crippen LogP contribution in [0.4, 0.5) is 0 Å². The van der Waals surface area contributed by atoms with E-state index in [0.29, 0.717) is 37.0 Å². The number of hydrogen-bond donors (Lipinski definition) is 0. The van der Waals surface area contributed by atoms with E-state index in [-0.39, 0.29) is 38.3 Å². The van der Waals surface area contributed by atoms with Gasteiger partial charge in [-0.05, 0) is 29.8 Å². The highest BCUT2D eigenvalue weighted by Gasteiger charge is 2.23. The van der Waals surface area contributed by atoms with E-state index in [4.69, 9.17) is 23.4 Å². The van der Waals surface area contributed by atoms with Crippen molar-refractivity contribution in [1.82, 2.24) is 9.80 Å². The fraction of sp³-hybridized carbons (Fsp3) is 0.429. The van der Waals surface area contributed by atoms with E-state index >= 15 is 0 Å². The summed E-state index contributed by atoms with van der Waals surface area (Å²) in [6.45, 7) is 1.22. The molecule has 0 N–H and O–H groups in total. The van der Waals surface area contributed by atoms with Crippen LogP contribution in [0.3, 0.4) is 0 Å². The lowest BCUT2D eigenvalue weighted by Crippen LogP contribution is -2.44.